The molecule has 2 N–H and O–H groups in total. The molecule has 1 aromatic heterocycles. The first kappa shape index (κ1) is 10.7. The molecule has 0 aliphatic heterocycles. The fourth-order valence-electron chi connectivity index (χ4n) is 1.91. The van der Waals surface area contributed by atoms with E-state index in [0.717, 1.165) is 16.6 Å². The molecule has 16 heavy (non-hydrogen) atoms. The Morgan fingerprint density at radius 2 is 2.06 bits per heavy atom. The van der Waals surface area contributed by atoms with Crippen molar-refractivity contribution in [2.75, 3.05) is 0 Å². The van der Waals surface area contributed by atoms with Crippen molar-refractivity contribution in [1.82, 2.24) is 4.98 Å². The molecule has 0 fully saturated rings. The second-order valence-corrected chi connectivity index (χ2v) is 4.72. The Kier molecular flexibility index (Phi) is 2.46. The number of para-hydroxylation sites is 1. The molecule has 2 aromatic rings. The summed E-state index contributed by atoms with van der Waals surface area (Å²) >= 11 is 0. The zero-order chi connectivity index (χ0) is 11.8. The fourth-order valence-corrected chi connectivity index (χ4v) is 1.91. The quantitative estimate of drug-likeness (QED) is 0.830. The van der Waals surface area contributed by atoms with E-state index in [1.165, 1.54) is 0 Å². The molecular formula is C13H15NO2. The monoisotopic (exact) mass is 217 g/mol. The largest absolute Gasteiger partial charge is 0.481 e. The van der Waals surface area contributed by atoms with Gasteiger partial charge in [-0.3, -0.25) is 4.79 Å². The van der Waals surface area contributed by atoms with Gasteiger partial charge in [-0.05, 0) is 17.5 Å². The zero-order valence-electron chi connectivity index (χ0n) is 9.45. The van der Waals surface area contributed by atoms with Crippen LogP contribution in [0.25, 0.3) is 10.9 Å². The molecular weight excluding hydrogens is 202 g/mol. The standard InChI is InChI=1S/C13H15NO2/c1-13(2,8-12(15)16)11-7-9-5-3-4-6-10(9)14-11/h3-7,14H,8H2,1-2H3,(H,15,16). The lowest BCUT2D eigenvalue weighted by Crippen LogP contribution is -2.21. The average Bonchev–Trinajstić information content (AvgIpc) is 2.59. The van der Waals surface area contributed by atoms with Crippen LogP contribution in [0.4, 0.5) is 0 Å². The SMILES string of the molecule is CC(C)(CC(=O)O)c1cc2ccccc2[nH]1. The van der Waals surface area contributed by atoms with E-state index in [1.807, 2.05) is 44.2 Å². The molecule has 2 rings (SSSR count). The highest BCUT2D eigenvalue weighted by Gasteiger charge is 2.25. The molecule has 0 aliphatic carbocycles. The molecule has 84 valence electrons. The maximum atomic E-state index is 10.8. The van der Waals surface area contributed by atoms with Gasteiger partial charge in [-0.2, -0.15) is 0 Å². The predicted octanol–water partition coefficient (Wildman–Crippen LogP) is 2.92. The highest BCUT2D eigenvalue weighted by Crippen LogP contribution is 2.29. The van der Waals surface area contributed by atoms with Gasteiger partial charge in [-0.15, -0.1) is 0 Å². The van der Waals surface area contributed by atoms with Crippen molar-refractivity contribution in [3.05, 3.63) is 36.0 Å². The first-order valence-corrected chi connectivity index (χ1v) is 5.29. The van der Waals surface area contributed by atoms with Crippen molar-refractivity contribution < 1.29 is 9.90 Å². The summed E-state index contributed by atoms with van der Waals surface area (Å²) in [6, 6.07) is 9.98. The van der Waals surface area contributed by atoms with Crippen LogP contribution in [-0.4, -0.2) is 16.1 Å². The second kappa shape index (κ2) is 3.67. The molecule has 3 heteroatoms. The number of aromatic nitrogens is 1. The van der Waals surface area contributed by atoms with Crippen molar-refractivity contribution in [3.8, 4) is 0 Å². The lowest BCUT2D eigenvalue weighted by Gasteiger charge is -2.20. The second-order valence-electron chi connectivity index (χ2n) is 4.72. The van der Waals surface area contributed by atoms with Crippen molar-refractivity contribution in [1.29, 1.82) is 0 Å². The molecule has 0 aliphatic rings. The molecule has 0 amide bonds. The third-order valence-corrected chi connectivity index (χ3v) is 2.85. The third-order valence-electron chi connectivity index (χ3n) is 2.85. The summed E-state index contributed by atoms with van der Waals surface area (Å²) < 4.78 is 0. The average molecular weight is 217 g/mol. The molecule has 1 heterocycles. The molecule has 1 aromatic carbocycles. The predicted molar refractivity (Wildman–Crippen MR) is 63.6 cm³/mol. The zero-order valence-corrected chi connectivity index (χ0v) is 9.45. The number of carbonyl (C=O) groups is 1. The van der Waals surface area contributed by atoms with Crippen LogP contribution in [0, 0.1) is 0 Å². The van der Waals surface area contributed by atoms with E-state index < -0.39 is 5.97 Å². The smallest absolute Gasteiger partial charge is 0.304 e. The minimum absolute atomic E-state index is 0.125. The van der Waals surface area contributed by atoms with Crippen LogP contribution in [0.1, 0.15) is 26.0 Å². The van der Waals surface area contributed by atoms with Gasteiger partial charge in [0.2, 0.25) is 0 Å². The minimum atomic E-state index is -0.774. The van der Waals surface area contributed by atoms with Gasteiger partial charge in [0.1, 0.15) is 0 Å². The summed E-state index contributed by atoms with van der Waals surface area (Å²) in [5.41, 5.74) is 1.65. The van der Waals surface area contributed by atoms with Crippen LogP contribution in [0.5, 0.6) is 0 Å². The van der Waals surface area contributed by atoms with Crippen molar-refractivity contribution in [3.63, 3.8) is 0 Å². The number of aromatic amines is 1. The fraction of sp³-hybridized carbons (Fsp3) is 0.308. The number of carboxylic acid groups (broad SMARTS) is 1. The molecule has 0 bridgehead atoms. The molecule has 3 nitrogen and oxygen atoms in total. The van der Waals surface area contributed by atoms with Crippen LogP contribution >= 0.6 is 0 Å². The normalized spacial score (nSPS) is 11.9. The van der Waals surface area contributed by atoms with E-state index in [2.05, 4.69) is 4.98 Å². The first-order chi connectivity index (χ1) is 7.49. The summed E-state index contributed by atoms with van der Waals surface area (Å²) in [4.78, 5) is 14.1. The van der Waals surface area contributed by atoms with Crippen molar-refractivity contribution in [2.45, 2.75) is 25.7 Å². The molecule has 0 saturated carbocycles. The summed E-state index contributed by atoms with van der Waals surface area (Å²) in [5.74, 6) is -0.774. The number of H-pyrrole nitrogens is 1. The maximum absolute atomic E-state index is 10.8. The van der Waals surface area contributed by atoms with Crippen molar-refractivity contribution in [2.24, 2.45) is 0 Å². The van der Waals surface area contributed by atoms with Crippen LogP contribution < -0.4 is 0 Å². The van der Waals surface area contributed by atoms with Crippen LogP contribution in [0.15, 0.2) is 30.3 Å². The van der Waals surface area contributed by atoms with Gasteiger partial charge >= 0.3 is 5.97 Å². The maximum Gasteiger partial charge on any atom is 0.304 e. The Morgan fingerprint density at radius 3 is 2.69 bits per heavy atom. The van der Waals surface area contributed by atoms with Gasteiger partial charge in [0, 0.05) is 16.6 Å². The molecule has 0 radical (unpaired) electrons. The number of nitrogens with one attached hydrogen (secondary N) is 1. The van der Waals surface area contributed by atoms with Crippen LogP contribution in [-0.2, 0) is 10.2 Å². The number of aliphatic carboxylic acids is 1. The first-order valence-electron chi connectivity index (χ1n) is 5.29. The van der Waals surface area contributed by atoms with Crippen LogP contribution in [0.2, 0.25) is 0 Å². The Morgan fingerprint density at radius 1 is 1.38 bits per heavy atom. The van der Waals surface area contributed by atoms with Gasteiger partial charge in [0.05, 0.1) is 6.42 Å². The topological polar surface area (TPSA) is 53.1 Å². The van der Waals surface area contributed by atoms with E-state index in [4.69, 9.17) is 5.11 Å². The lowest BCUT2D eigenvalue weighted by molar-refractivity contribution is -0.138. The Labute approximate surface area is 94.1 Å². The Balaban J connectivity index is 2.43. The number of benzene rings is 1. The van der Waals surface area contributed by atoms with E-state index in [0.29, 0.717) is 0 Å². The molecule has 0 spiro atoms. The highest BCUT2D eigenvalue weighted by molar-refractivity contribution is 5.81. The van der Waals surface area contributed by atoms with Gasteiger partial charge in [-0.25, -0.2) is 0 Å². The molecule has 0 unspecified atom stereocenters. The molecule has 0 atom stereocenters. The van der Waals surface area contributed by atoms with Gasteiger partial charge in [0.15, 0.2) is 0 Å². The van der Waals surface area contributed by atoms with Crippen LogP contribution in [0.3, 0.4) is 0 Å². The van der Waals surface area contributed by atoms with Gasteiger partial charge in [-0.1, -0.05) is 32.0 Å². The number of carboxylic acids is 1. The van der Waals surface area contributed by atoms with E-state index in [9.17, 15) is 4.79 Å². The van der Waals surface area contributed by atoms with Gasteiger partial charge in [0.25, 0.3) is 0 Å². The van der Waals surface area contributed by atoms with E-state index >= 15 is 0 Å². The number of hydrogen-bond donors (Lipinski definition) is 2. The summed E-state index contributed by atoms with van der Waals surface area (Å²) in [7, 11) is 0. The summed E-state index contributed by atoms with van der Waals surface area (Å²) in [6.07, 6.45) is 0.125. The molecule has 0 saturated heterocycles. The lowest BCUT2D eigenvalue weighted by atomic mass is 9.86. The number of hydrogen-bond acceptors (Lipinski definition) is 1. The summed E-state index contributed by atoms with van der Waals surface area (Å²) in [6.45, 7) is 3.87. The Hall–Kier alpha value is -1.77. The Bertz CT molecular complexity index is 492. The number of rotatable bonds is 3. The van der Waals surface area contributed by atoms with E-state index in [1.54, 1.807) is 0 Å². The number of fused-ring (bicyclic) bond motifs is 1. The highest BCUT2D eigenvalue weighted by atomic mass is 16.4. The summed E-state index contributed by atoms with van der Waals surface area (Å²) in [5, 5.41) is 9.99. The van der Waals surface area contributed by atoms with Crippen molar-refractivity contribution >= 4 is 16.9 Å². The van der Waals surface area contributed by atoms with E-state index in [-0.39, 0.29) is 11.8 Å². The third kappa shape index (κ3) is 1.94. The van der Waals surface area contributed by atoms with Gasteiger partial charge < -0.3 is 10.1 Å². The minimum Gasteiger partial charge on any atom is -0.481 e.